The van der Waals surface area contributed by atoms with Crippen LogP contribution in [-0.4, -0.2) is 22.7 Å². The van der Waals surface area contributed by atoms with E-state index in [-0.39, 0.29) is 5.56 Å². The summed E-state index contributed by atoms with van der Waals surface area (Å²) in [6.07, 6.45) is -0.194. The molecule has 0 aliphatic heterocycles. The molecule has 0 fully saturated rings. The first-order chi connectivity index (χ1) is 8.17. The maximum absolute atomic E-state index is 12.6. The van der Waals surface area contributed by atoms with E-state index in [0.717, 1.165) is 19.4 Å². The Bertz CT molecular complexity index is 441. The number of aromatic nitrogens is 1. The van der Waals surface area contributed by atoms with Gasteiger partial charge in [-0.15, -0.1) is 0 Å². The lowest BCUT2D eigenvalue weighted by molar-refractivity contribution is -0.244. The summed E-state index contributed by atoms with van der Waals surface area (Å²) in [5.74, 6) is -1.08. The Kier molecular flexibility index (Phi) is 3.98. The summed E-state index contributed by atoms with van der Waals surface area (Å²) in [6, 6.07) is 1.42. The summed E-state index contributed by atoms with van der Waals surface area (Å²) < 4.78 is 42.1. The van der Waals surface area contributed by atoms with Crippen molar-refractivity contribution in [2.45, 2.75) is 39.0 Å². The predicted octanol–water partition coefficient (Wildman–Crippen LogP) is 2.94. The van der Waals surface area contributed by atoms with E-state index in [2.05, 4.69) is 15.9 Å². The van der Waals surface area contributed by atoms with Crippen LogP contribution in [-0.2, 0) is 11.2 Å². The second kappa shape index (κ2) is 4.96. The van der Waals surface area contributed by atoms with Crippen LogP contribution in [0.3, 0.4) is 0 Å². The number of pyridine rings is 1. The highest BCUT2D eigenvalue weighted by atomic mass is 19.4. The number of rotatable bonds is 3. The average Bonchev–Trinajstić information content (AvgIpc) is 2.27. The zero-order valence-corrected chi connectivity index (χ0v) is 10.3. The number of halogens is 3. The maximum atomic E-state index is 12.6. The monoisotopic (exact) mass is 260 g/mol. The smallest absolute Gasteiger partial charge is 0.427 e. The summed E-state index contributed by atoms with van der Waals surface area (Å²) >= 11 is 0. The Balaban J connectivity index is 2.89. The Labute approximate surface area is 103 Å². The molecule has 1 rings (SSSR count). The lowest BCUT2D eigenvalue weighted by Gasteiger charge is -2.27. The minimum absolute atomic E-state index is 0.105. The number of nitrogens with zero attached hydrogens (tertiary/aromatic N) is 1. The topological polar surface area (TPSA) is 39.2 Å². The van der Waals surface area contributed by atoms with Crippen LogP contribution in [0.2, 0.25) is 0 Å². The van der Waals surface area contributed by atoms with Gasteiger partial charge in [0.25, 0.3) is 0 Å². The Morgan fingerprint density at radius 3 is 2.56 bits per heavy atom. The summed E-state index contributed by atoms with van der Waals surface area (Å²) in [4.78, 5) is 15.2. The third-order valence-corrected chi connectivity index (χ3v) is 2.40. The quantitative estimate of drug-likeness (QED) is 0.784. The molecule has 6 heteroatoms. The van der Waals surface area contributed by atoms with Gasteiger partial charge in [-0.3, -0.25) is 4.98 Å². The van der Waals surface area contributed by atoms with Crippen LogP contribution < -0.4 is 0 Å². The lowest BCUT2D eigenvalue weighted by atomic mass is 10.1. The highest BCUT2D eigenvalue weighted by Gasteiger charge is 2.50. The molecule has 1 heterocycles. The number of ether oxygens (including phenoxy) is 1. The van der Waals surface area contributed by atoms with Gasteiger partial charge in [0.15, 0.2) is 0 Å². The van der Waals surface area contributed by atoms with Crippen LogP contribution in [0.25, 0.3) is 0 Å². The van der Waals surface area contributed by atoms with E-state index in [0.29, 0.717) is 6.42 Å². The molecule has 0 N–H and O–H groups in total. The fourth-order valence-corrected chi connectivity index (χ4v) is 1.08. The molecule has 0 aromatic carbocycles. The standard InChI is InChI=1S/C12H13F3NO2/c1-4-8-5-9(7-16-6-8)10(17)18-11(2,3)12(13,14)15/h5-6H,4H2,1-3H3. The third kappa shape index (κ3) is 3.21. The molecule has 99 valence electrons. The normalized spacial score (nSPS) is 12.3. The van der Waals surface area contributed by atoms with Gasteiger partial charge in [-0.25, -0.2) is 4.79 Å². The fraction of sp³-hybridized carbons (Fsp3) is 0.500. The van der Waals surface area contributed by atoms with Gasteiger partial charge in [0.05, 0.1) is 5.56 Å². The maximum Gasteiger partial charge on any atom is 0.427 e. The van der Waals surface area contributed by atoms with Gasteiger partial charge in [-0.05, 0) is 31.9 Å². The van der Waals surface area contributed by atoms with Crippen LogP contribution in [0.1, 0.15) is 36.7 Å². The van der Waals surface area contributed by atoms with E-state index >= 15 is 0 Å². The van der Waals surface area contributed by atoms with E-state index in [1.807, 2.05) is 6.92 Å². The molecule has 0 aliphatic carbocycles. The van der Waals surface area contributed by atoms with Crippen molar-refractivity contribution < 1.29 is 22.7 Å². The van der Waals surface area contributed by atoms with Crippen LogP contribution in [0.15, 0.2) is 12.3 Å². The molecular formula is C12H13F3NO2. The number of aryl methyl sites for hydroxylation is 1. The van der Waals surface area contributed by atoms with E-state index in [4.69, 9.17) is 0 Å². The molecule has 0 aliphatic rings. The molecule has 1 aromatic heterocycles. The Hall–Kier alpha value is -1.59. The van der Waals surface area contributed by atoms with Gasteiger partial charge in [0.1, 0.15) is 6.20 Å². The van der Waals surface area contributed by atoms with E-state index < -0.39 is 17.7 Å². The molecule has 0 spiro atoms. The first-order valence-corrected chi connectivity index (χ1v) is 5.34. The first kappa shape index (κ1) is 14.5. The number of carbonyl (C=O) groups excluding carboxylic acids is 1. The molecule has 0 bridgehead atoms. The molecule has 0 unspecified atom stereocenters. The van der Waals surface area contributed by atoms with Gasteiger partial charge in [-0.2, -0.15) is 13.2 Å². The van der Waals surface area contributed by atoms with Crippen molar-refractivity contribution in [1.82, 2.24) is 4.98 Å². The Morgan fingerprint density at radius 2 is 2.06 bits per heavy atom. The van der Waals surface area contributed by atoms with E-state index in [1.54, 1.807) is 0 Å². The van der Waals surface area contributed by atoms with Crippen molar-refractivity contribution in [3.63, 3.8) is 0 Å². The molecule has 1 radical (unpaired) electrons. The van der Waals surface area contributed by atoms with Gasteiger partial charge in [0.2, 0.25) is 5.60 Å². The van der Waals surface area contributed by atoms with Crippen LogP contribution in [0.4, 0.5) is 13.2 Å². The number of esters is 1. The minimum Gasteiger partial charge on any atom is -0.446 e. The second-order valence-corrected chi connectivity index (χ2v) is 4.25. The van der Waals surface area contributed by atoms with Crippen molar-refractivity contribution in [1.29, 1.82) is 0 Å². The highest BCUT2D eigenvalue weighted by molar-refractivity contribution is 5.89. The van der Waals surface area contributed by atoms with Gasteiger partial charge in [0, 0.05) is 6.20 Å². The van der Waals surface area contributed by atoms with E-state index in [9.17, 15) is 18.0 Å². The van der Waals surface area contributed by atoms with Crippen molar-refractivity contribution in [3.8, 4) is 0 Å². The first-order valence-electron chi connectivity index (χ1n) is 5.34. The second-order valence-electron chi connectivity index (χ2n) is 4.25. The van der Waals surface area contributed by atoms with Crippen molar-refractivity contribution >= 4 is 5.97 Å². The average molecular weight is 260 g/mol. The van der Waals surface area contributed by atoms with Crippen molar-refractivity contribution in [2.24, 2.45) is 0 Å². The van der Waals surface area contributed by atoms with Gasteiger partial charge < -0.3 is 4.74 Å². The SMILES string of the molecule is CCc1cn[c]c(C(=O)OC(C)(C)C(F)(F)F)c1. The Morgan fingerprint density at radius 1 is 1.44 bits per heavy atom. The van der Waals surface area contributed by atoms with Crippen LogP contribution in [0.5, 0.6) is 0 Å². The number of alkyl halides is 3. The molecule has 0 atom stereocenters. The zero-order valence-electron chi connectivity index (χ0n) is 10.3. The molecular weight excluding hydrogens is 247 g/mol. The highest BCUT2D eigenvalue weighted by Crippen LogP contribution is 2.33. The number of hydrogen-bond donors (Lipinski definition) is 0. The third-order valence-electron chi connectivity index (χ3n) is 2.40. The summed E-state index contributed by atoms with van der Waals surface area (Å²) in [7, 11) is 0. The molecule has 18 heavy (non-hydrogen) atoms. The summed E-state index contributed by atoms with van der Waals surface area (Å²) in [5, 5.41) is 0. The van der Waals surface area contributed by atoms with Crippen molar-refractivity contribution in [2.75, 3.05) is 0 Å². The largest absolute Gasteiger partial charge is 0.446 e. The summed E-state index contributed by atoms with van der Waals surface area (Å²) in [5.41, 5.74) is -1.92. The molecule has 1 aromatic rings. The van der Waals surface area contributed by atoms with Crippen LogP contribution in [0, 0.1) is 6.20 Å². The molecule has 0 saturated heterocycles. The van der Waals surface area contributed by atoms with E-state index in [1.165, 1.54) is 12.3 Å². The lowest BCUT2D eigenvalue weighted by Crippen LogP contribution is -2.43. The van der Waals surface area contributed by atoms with Crippen molar-refractivity contribution in [3.05, 3.63) is 29.6 Å². The zero-order chi connectivity index (χ0) is 14.0. The number of hydrogen-bond acceptors (Lipinski definition) is 3. The summed E-state index contributed by atoms with van der Waals surface area (Å²) in [6.45, 7) is 3.43. The van der Waals surface area contributed by atoms with Crippen LogP contribution >= 0.6 is 0 Å². The fourth-order valence-electron chi connectivity index (χ4n) is 1.08. The number of carbonyl (C=O) groups is 1. The molecule has 0 amide bonds. The molecule has 3 nitrogen and oxygen atoms in total. The van der Waals surface area contributed by atoms with Gasteiger partial charge >= 0.3 is 12.1 Å². The van der Waals surface area contributed by atoms with Gasteiger partial charge in [-0.1, -0.05) is 6.92 Å². The molecule has 0 saturated carbocycles. The predicted molar refractivity (Wildman–Crippen MR) is 58.0 cm³/mol. The minimum atomic E-state index is -4.63.